The zero-order chi connectivity index (χ0) is 18.7. The van der Waals surface area contributed by atoms with Crippen molar-refractivity contribution in [3.8, 4) is 0 Å². The number of carbonyl (C=O) groups is 1. The van der Waals surface area contributed by atoms with Crippen LogP contribution in [0.3, 0.4) is 0 Å². The van der Waals surface area contributed by atoms with Crippen LogP contribution < -0.4 is 5.32 Å². The topological polar surface area (TPSA) is 46.9 Å². The summed E-state index contributed by atoms with van der Waals surface area (Å²) in [5.74, 6) is -0.0475. The lowest BCUT2D eigenvalue weighted by atomic mass is 9.86. The fourth-order valence-corrected chi connectivity index (χ4v) is 3.52. The molecule has 1 N–H and O–H groups in total. The molecular formula is C18H19ClF3N3O. The standard InChI is InChI=1S/C18H19ClF3N3O/c19-16-6-3-13(18(20,21)22)9-15(16)17(26)24-14-4-1-12(2-5-14)10-25-8-7-23-11-25/h3,6-9,11-12,14H,1-2,4-5,10H2,(H,24,26). The van der Waals surface area contributed by atoms with Crippen molar-refractivity contribution in [3.05, 3.63) is 53.1 Å². The van der Waals surface area contributed by atoms with Crippen LogP contribution in [-0.4, -0.2) is 21.5 Å². The van der Waals surface area contributed by atoms with E-state index in [9.17, 15) is 18.0 Å². The Labute approximate surface area is 154 Å². The Balaban J connectivity index is 1.57. The molecule has 0 radical (unpaired) electrons. The molecule has 0 atom stereocenters. The van der Waals surface area contributed by atoms with Crippen LogP contribution in [0.15, 0.2) is 36.9 Å². The number of benzene rings is 1. The molecule has 0 spiro atoms. The van der Waals surface area contributed by atoms with Crippen LogP contribution in [0.25, 0.3) is 0 Å². The van der Waals surface area contributed by atoms with E-state index < -0.39 is 17.6 Å². The number of hydrogen-bond acceptors (Lipinski definition) is 2. The quantitative estimate of drug-likeness (QED) is 0.839. The van der Waals surface area contributed by atoms with Crippen LogP contribution in [0.1, 0.15) is 41.6 Å². The summed E-state index contributed by atoms with van der Waals surface area (Å²) in [4.78, 5) is 16.4. The highest BCUT2D eigenvalue weighted by Gasteiger charge is 2.32. The van der Waals surface area contributed by atoms with E-state index in [4.69, 9.17) is 11.6 Å². The van der Waals surface area contributed by atoms with E-state index in [-0.39, 0.29) is 16.6 Å². The van der Waals surface area contributed by atoms with Gasteiger partial charge in [-0.15, -0.1) is 0 Å². The number of aromatic nitrogens is 2. The highest BCUT2D eigenvalue weighted by molar-refractivity contribution is 6.33. The number of imidazole rings is 1. The molecule has 0 bridgehead atoms. The molecule has 1 aromatic heterocycles. The van der Waals surface area contributed by atoms with Crippen molar-refractivity contribution in [1.82, 2.24) is 14.9 Å². The second kappa shape index (κ2) is 7.70. The van der Waals surface area contributed by atoms with Gasteiger partial charge in [-0.3, -0.25) is 4.79 Å². The van der Waals surface area contributed by atoms with Gasteiger partial charge in [-0.25, -0.2) is 4.98 Å². The first-order chi connectivity index (χ1) is 12.3. The van der Waals surface area contributed by atoms with Crippen LogP contribution in [0.2, 0.25) is 5.02 Å². The van der Waals surface area contributed by atoms with Crippen molar-refractivity contribution >= 4 is 17.5 Å². The molecule has 1 fully saturated rings. The van der Waals surface area contributed by atoms with Gasteiger partial charge in [0.15, 0.2) is 0 Å². The minimum absolute atomic E-state index is 0.0179. The Morgan fingerprint density at radius 3 is 2.62 bits per heavy atom. The number of rotatable bonds is 4. The molecule has 1 aromatic carbocycles. The molecule has 26 heavy (non-hydrogen) atoms. The summed E-state index contributed by atoms with van der Waals surface area (Å²) in [7, 11) is 0. The molecule has 1 aliphatic rings. The summed E-state index contributed by atoms with van der Waals surface area (Å²) in [5.41, 5.74) is -1.02. The lowest BCUT2D eigenvalue weighted by Crippen LogP contribution is -2.38. The lowest BCUT2D eigenvalue weighted by Gasteiger charge is -2.29. The first-order valence-electron chi connectivity index (χ1n) is 8.46. The van der Waals surface area contributed by atoms with E-state index in [1.54, 1.807) is 12.5 Å². The van der Waals surface area contributed by atoms with Crippen molar-refractivity contribution in [2.45, 2.75) is 44.4 Å². The second-order valence-corrected chi connectivity index (χ2v) is 7.05. The van der Waals surface area contributed by atoms with Crippen LogP contribution in [0, 0.1) is 5.92 Å². The van der Waals surface area contributed by atoms with E-state index in [1.807, 2.05) is 10.8 Å². The second-order valence-electron chi connectivity index (χ2n) is 6.64. The monoisotopic (exact) mass is 385 g/mol. The maximum absolute atomic E-state index is 12.8. The molecule has 2 aromatic rings. The number of alkyl halides is 3. The Hall–Kier alpha value is -2.02. The number of carbonyl (C=O) groups excluding carboxylic acids is 1. The van der Waals surface area contributed by atoms with Gasteiger partial charge in [0, 0.05) is 25.0 Å². The lowest BCUT2D eigenvalue weighted by molar-refractivity contribution is -0.137. The van der Waals surface area contributed by atoms with E-state index >= 15 is 0 Å². The van der Waals surface area contributed by atoms with Gasteiger partial charge in [-0.05, 0) is 49.8 Å². The maximum Gasteiger partial charge on any atom is 0.416 e. The molecule has 0 saturated heterocycles. The van der Waals surface area contributed by atoms with Crippen molar-refractivity contribution < 1.29 is 18.0 Å². The summed E-state index contributed by atoms with van der Waals surface area (Å²) >= 11 is 5.92. The molecule has 140 valence electrons. The maximum atomic E-state index is 12.8. The molecule has 1 saturated carbocycles. The van der Waals surface area contributed by atoms with Gasteiger partial charge in [0.2, 0.25) is 0 Å². The highest BCUT2D eigenvalue weighted by Crippen LogP contribution is 2.32. The van der Waals surface area contributed by atoms with Gasteiger partial charge in [0.25, 0.3) is 5.91 Å². The number of nitrogens with one attached hydrogen (secondary N) is 1. The van der Waals surface area contributed by atoms with E-state index in [0.29, 0.717) is 5.92 Å². The smallest absolute Gasteiger partial charge is 0.349 e. The van der Waals surface area contributed by atoms with Gasteiger partial charge in [-0.1, -0.05) is 11.6 Å². The van der Waals surface area contributed by atoms with E-state index in [2.05, 4.69) is 10.3 Å². The molecule has 8 heteroatoms. The van der Waals surface area contributed by atoms with Crippen molar-refractivity contribution in [3.63, 3.8) is 0 Å². The third kappa shape index (κ3) is 4.58. The fourth-order valence-electron chi connectivity index (χ4n) is 3.32. The predicted molar refractivity (Wildman–Crippen MR) is 91.9 cm³/mol. The van der Waals surface area contributed by atoms with Crippen LogP contribution in [-0.2, 0) is 12.7 Å². The Kier molecular flexibility index (Phi) is 5.55. The minimum Gasteiger partial charge on any atom is -0.349 e. The van der Waals surface area contributed by atoms with Crippen LogP contribution in [0.5, 0.6) is 0 Å². The molecule has 4 nitrogen and oxygen atoms in total. The molecule has 0 aliphatic heterocycles. The zero-order valence-electron chi connectivity index (χ0n) is 14.0. The summed E-state index contributed by atoms with van der Waals surface area (Å²) in [5, 5.41) is 2.84. The van der Waals surface area contributed by atoms with Crippen molar-refractivity contribution in [1.29, 1.82) is 0 Å². The molecular weight excluding hydrogens is 367 g/mol. The number of halogens is 4. The van der Waals surface area contributed by atoms with Gasteiger partial charge in [0.1, 0.15) is 0 Å². The van der Waals surface area contributed by atoms with E-state index in [0.717, 1.165) is 50.4 Å². The predicted octanol–water partition coefficient (Wildman–Crippen LogP) is 4.54. The fraction of sp³-hybridized carbons (Fsp3) is 0.444. The van der Waals surface area contributed by atoms with Gasteiger partial charge in [-0.2, -0.15) is 13.2 Å². The molecule has 0 unspecified atom stereocenters. The van der Waals surface area contributed by atoms with Crippen LogP contribution >= 0.6 is 11.6 Å². The van der Waals surface area contributed by atoms with Gasteiger partial charge in [0.05, 0.1) is 22.5 Å². The Bertz CT molecular complexity index is 754. The molecule has 1 amide bonds. The van der Waals surface area contributed by atoms with Crippen molar-refractivity contribution in [2.75, 3.05) is 0 Å². The average Bonchev–Trinajstić information content (AvgIpc) is 3.09. The van der Waals surface area contributed by atoms with Crippen molar-refractivity contribution in [2.24, 2.45) is 5.92 Å². The van der Waals surface area contributed by atoms with Crippen LogP contribution in [0.4, 0.5) is 13.2 Å². The summed E-state index contributed by atoms with van der Waals surface area (Å²) in [6.45, 7) is 0.889. The molecule has 1 heterocycles. The number of hydrogen-bond donors (Lipinski definition) is 1. The minimum atomic E-state index is -4.51. The van der Waals surface area contributed by atoms with Gasteiger partial charge >= 0.3 is 6.18 Å². The average molecular weight is 386 g/mol. The van der Waals surface area contributed by atoms with Gasteiger partial charge < -0.3 is 9.88 Å². The summed E-state index contributed by atoms with van der Waals surface area (Å²) < 4.78 is 40.6. The Morgan fingerprint density at radius 1 is 1.27 bits per heavy atom. The summed E-state index contributed by atoms with van der Waals surface area (Å²) in [6, 6.07) is 2.75. The molecule has 1 aliphatic carbocycles. The number of amides is 1. The first-order valence-corrected chi connectivity index (χ1v) is 8.84. The SMILES string of the molecule is O=C(NC1CCC(Cn2ccnc2)CC1)c1cc(C(F)(F)F)ccc1Cl. The third-order valence-corrected chi connectivity index (χ3v) is 5.08. The first kappa shape index (κ1) is 18.8. The largest absolute Gasteiger partial charge is 0.416 e. The highest BCUT2D eigenvalue weighted by atomic mass is 35.5. The normalized spacial score (nSPS) is 20.8. The van der Waals surface area contributed by atoms with E-state index in [1.165, 1.54) is 0 Å². The Morgan fingerprint density at radius 2 is 2.00 bits per heavy atom. The molecule has 3 rings (SSSR count). The number of nitrogens with zero attached hydrogens (tertiary/aromatic N) is 2. The zero-order valence-corrected chi connectivity index (χ0v) is 14.7. The summed E-state index contributed by atoms with van der Waals surface area (Å²) in [6.07, 6.45) is 4.41. The third-order valence-electron chi connectivity index (χ3n) is 4.75.